The molecule has 0 spiro atoms. The Morgan fingerprint density at radius 2 is 2.26 bits per heavy atom. The van der Waals surface area contributed by atoms with Gasteiger partial charge in [-0.25, -0.2) is 4.98 Å². The standard InChI is InChI=1S/C14H13ClN4/c15-8-11-1-2-13(12(7-11)9-16)19-6-5-18-4-3-17-14(18)10-19/h1-4,7H,5-6,8,10H2. The largest absolute Gasteiger partial charge is 0.361 e. The van der Waals surface area contributed by atoms with E-state index in [2.05, 4.69) is 20.5 Å². The Morgan fingerprint density at radius 3 is 3.05 bits per heavy atom. The van der Waals surface area contributed by atoms with Crippen molar-refractivity contribution in [3.05, 3.63) is 47.5 Å². The maximum absolute atomic E-state index is 9.28. The lowest BCUT2D eigenvalue weighted by atomic mass is 10.1. The molecule has 3 rings (SSSR count). The first-order valence-electron chi connectivity index (χ1n) is 6.16. The molecule has 0 bridgehead atoms. The molecule has 0 unspecified atom stereocenters. The first-order valence-corrected chi connectivity index (χ1v) is 6.69. The van der Waals surface area contributed by atoms with Gasteiger partial charge in [0.05, 0.1) is 17.8 Å². The number of rotatable bonds is 2. The number of aromatic nitrogens is 2. The average molecular weight is 273 g/mol. The molecule has 0 aliphatic carbocycles. The van der Waals surface area contributed by atoms with E-state index < -0.39 is 0 Å². The van der Waals surface area contributed by atoms with Crippen LogP contribution in [0.1, 0.15) is 17.0 Å². The van der Waals surface area contributed by atoms with Gasteiger partial charge in [0.1, 0.15) is 11.9 Å². The molecule has 19 heavy (non-hydrogen) atoms. The molecule has 0 saturated carbocycles. The zero-order valence-electron chi connectivity index (χ0n) is 10.4. The number of hydrogen-bond acceptors (Lipinski definition) is 3. The van der Waals surface area contributed by atoms with Crippen LogP contribution in [0.4, 0.5) is 5.69 Å². The SMILES string of the molecule is N#Cc1cc(CCl)ccc1N1CCn2ccnc2C1. The highest BCUT2D eigenvalue weighted by atomic mass is 35.5. The molecule has 0 N–H and O–H groups in total. The summed E-state index contributed by atoms with van der Waals surface area (Å²) in [6.45, 7) is 2.53. The molecule has 4 nitrogen and oxygen atoms in total. The summed E-state index contributed by atoms with van der Waals surface area (Å²) in [6.07, 6.45) is 3.81. The van der Waals surface area contributed by atoms with E-state index >= 15 is 0 Å². The topological polar surface area (TPSA) is 44.9 Å². The molecule has 2 heterocycles. The Balaban J connectivity index is 1.94. The minimum absolute atomic E-state index is 0.430. The highest BCUT2D eigenvalue weighted by Crippen LogP contribution is 2.25. The fraction of sp³-hybridized carbons (Fsp3) is 0.286. The highest BCUT2D eigenvalue weighted by molar-refractivity contribution is 6.17. The highest BCUT2D eigenvalue weighted by Gasteiger charge is 2.19. The normalized spacial score (nSPS) is 14.0. The number of anilines is 1. The van der Waals surface area contributed by atoms with Gasteiger partial charge < -0.3 is 9.47 Å². The van der Waals surface area contributed by atoms with E-state index in [1.165, 1.54) is 0 Å². The van der Waals surface area contributed by atoms with Crippen LogP contribution in [0.5, 0.6) is 0 Å². The van der Waals surface area contributed by atoms with Crippen LogP contribution in [-0.2, 0) is 19.0 Å². The average Bonchev–Trinajstić information content (AvgIpc) is 2.93. The summed E-state index contributed by atoms with van der Waals surface area (Å²) in [5, 5.41) is 9.28. The van der Waals surface area contributed by atoms with E-state index in [0.717, 1.165) is 36.7 Å². The fourth-order valence-corrected chi connectivity index (χ4v) is 2.58. The van der Waals surface area contributed by atoms with Crippen molar-refractivity contribution in [3.8, 4) is 6.07 Å². The second-order valence-electron chi connectivity index (χ2n) is 4.56. The number of alkyl halides is 1. The third kappa shape index (κ3) is 2.18. The molecule has 0 fully saturated rings. The van der Waals surface area contributed by atoms with Crippen LogP contribution in [0.25, 0.3) is 0 Å². The molecule has 1 aromatic carbocycles. The molecule has 0 saturated heterocycles. The van der Waals surface area contributed by atoms with E-state index in [0.29, 0.717) is 11.4 Å². The van der Waals surface area contributed by atoms with Crippen molar-refractivity contribution in [1.82, 2.24) is 9.55 Å². The Kier molecular flexibility index (Phi) is 3.14. The van der Waals surface area contributed by atoms with Crippen molar-refractivity contribution in [2.75, 3.05) is 11.4 Å². The molecule has 2 aromatic rings. The number of benzene rings is 1. The third-order valence-electron chi connectivity index (χ3n) is 3.42. The van der Waals surface area contributed by atoms with Crippen molar-refractivity contribution in [3.63, 3.8) is 0 Å². The molecule has 1 aliphatic rings. The Labute approximate surface area is 116 Å². The number of nitriles is 1. The summed E-state index contributed by atoms with van der Waals surface area (Å²) >= 11 is 5.81. The van der Waals surface area contributed by atoms with E-state index in [4.69, 9.17) is 11.6 Å². The lowest BCUT2D eigenvalue weighted by Gasteiger charge is -2.30. The monoisotopic (exact) mass is 272 g/mol. The first kappa shape index (κ1) is 12.1. The van der Waals surface area contributed by atoms with Crippen LogP contribution in [0, 0.1) is 11.3 Å². The zero-order chi connectivity index (χ0) is 13.2. The molecule has 96 valence electrons. The van der Waals surface area contributed by atoms with Gasteiger partial charge >= 0.3 is 0 Å². The van der Waals surface area contributed by atoms with Crippen molar-refractivity contribution in [2.45, 2.75) is 19.0 Å². The van der Waals surface area contributed by atoms with E-state index in [1.807, 2.05) is 30.6 Å². The van der Waals surface area contributed by atoms with E-state index in [-0.39, 0.29) is 0 Å². The van der Waals surface area contributed by atoms with Crippen LogP contribution in [0.3, 0.4) is 0 Å². The molecular formula is C14H13ClN4. The van der Waals surface area contributed by atoms with Crippen molar-refractivity contribution in [1.29, 1.82) is 5.26 Å². The number of imidazole rings is 1. The lowest BCUT2D eigenvalue weighted by Crippen LogP contribution is -2.34. The van der Waals surface area contributed by atoms with Gasteiger partial charge in [0, 0.05) is 31.4 Å². The van der Waals surface area contributed by atoms with Gasteiger partial charge in [0.25, 0.3) is 0 Å². The second kappa shape index (κ2) is 4.94. The summed E-state index contributed by atoms with van der Waals surface area (Å²) in [7, 11) is 0. The summed E-state index contributed by atoms with van der Waals surface area (Å²) < 4.78 is 2.15. The van der Waals surface area contributed by atoms with Crippen LogP contribution in [0.15, 0.2) is 30.6 Å². The predicted molar refractivity (Wildman–Crippen MR) is 74.0 cm³/mol. The Morgan fingerprint density at radius 1 is 1.37 bits per heavy atom. The van der Waals surface area contributed by atoms with Crippen LogP contribution in [-0.4, -0.2) is 16.1 Å². The second-order valence-corrected chi connectivity index (χ2v) is 4.82. The minimum Gasteiger partial charge on any atom is -0.361 e. The molecule has 1 aliphatic heterocycles. The lowest BCUT2D eigenvalue weighted by molar-refractivity contribution is 0.560. The van der Waals surface area contributed by atoms with Crippen LogP contribution >= 0.6 is 11.6 Å². The van der Waals surface area contributed by atoms with Crippen molar-refractivity contribution in [2.24, 2.45) is 0 Å². The molecule has 0 radical (unpaired) electrons. The van der Waals surface area contributed by atoms with Gasteiger partial charge in [0.15, 0.2) is 0 Å². The van der Waals surface area contributed by atoms with Gasteiger partial charge in [0.2, 0.25) is 0 Å². The van der Waals surface area contributed by atoms with E-state index in [9.17, 15) is 5.26 Å². The maximum atomic E-state index is 9.28. The smallest absolute Gasteiger partial charge is 0.128 e. The quantitative estimate of drug-likeness (QED) is 0.789. The molecule has 1 aromatic heterocycles. The van der Waals surface area contributed by atoms with Crippen LogP contribution in [0.2, 0.25) is 0 Å². The van der Waals surface area contributed by atoms with Gasteiger partial charge in [-0.2, -0.15) is 5.26 Å². The summed E-state index contributed by atoms with van der Waals surface area (Å²) in [5.74, 6) is 1.47. The van der Waals surface area contributed by atoms with Gasteiger partial charge in [-0.1, -0.05) is 6.07 Å². The fourth-order valence-electron chi connectivity index (χ4n) is 2.41. The van der Waals surface area contributed by atoms with Crippen molar-refractivity contribution >= 4 is 17.3 Å². The maximum Gasteiger partial charge on any atom is 0.128 e. The number of halogens is 1. The van der Waals surface area contributed by atoms with Gasteiger partial charge in [-0.15, -0.1) is 11.6 Å². The molecule has 5 heteroatoms. The van der Waals surface area contributed by atoms with Gasteiger partial charge in [-0.3, -0.25) is 0 Å². The summed E-state index contributed by atoms with van der Waals surface area (Å²) in [6, 6.07) is 8.08. The first-order chi connectivity index (χ1) is 9.31. The zero-order valence-corrected chi connectivity index (χ0v) is 11.1. The predicted octanol–water partition coefficient (Wildman–Crippen LogP) is 2.51. The van der Waals surface area contributed by atoms with Crippen LogP contribution < -0.4 is 4.90 Å². The van der Waals surface area contributed by atoms with Gasteiger partial charge in [-0.05, 0) is 17.7 Å². The number of nitrogens with zero attached hydrogens (tertiary/aromatic N) is 4. The minimum atomic E-state index is 0.430. The molecule has 0 amide bonds. The Hall–Kier alpha value is -1.99. The summed E-state index contributed by atoms with van der Waals surface area (Å²) in [4.78, 5) is 6.53. The molecule has 0 atom stereocenters. The third-order valence-corrected chi connectivity index (χ3v) is 3.73. The Bertz CT molecular complexity index is 641. The number of fused-ring (bicyclic) bond motifs is 1. The molecular weight excluding hydrogens is 260 g/mol. The summed E-state index contributed by atoms with van der Waals surface area (Å²) in [5.41, 5.74) is 2.62. The van der Waals surface area contributed by atoms with E-state index in [1.54, 1.807) is 0 Å². The van der Waals surface area contributed by atoms with Crippen molar-refractivity contribution < 1.29 is 0 Å². The number of hydrogen-bond donors (Lipinski definition) is 0.